The number of alkyl carbamates (subject to hydrolysis) is 1. The molecule has 1 heterocycles. The highest BCUT2D eigenvalue weighted by Gasteiger charge is 2.44. The number of nitrogens with zero attached hydrogens (tertiary/aromatic N) is 2. The first kappa shape index (κ1) is 41.9. The summed E-state index contributed by atoms with van der Waals surface area (Å²) in [7, 11) is 2.71. The molecule has 0 aliphatic carbocycles. The Kier molecular flexibility index (Phi) is 15.6. The molecule has 7 atom stereocenters. The van der Waals surface area contributed by atoms with Gasteiger partial charge in [0.2, 0.25) is 29.5 Å². The third kappa shape index (κ3) is 12.2. The standard InChI is InChI=1S/C34H54N6O10/c1-19-12-10-13-23(16-19)17-24(37-33(47)50-34(5,6)7)29(43)38-26(22(4)49-18-48-9)32(46)40-15-11-14-25(40)31(45)39(8)27(21(3)41)30(44)36-20(2)28(35)42/h10,12-13,16,20-22,24-27,41H,11,14-15,17-18H2,1-9H3,(H2,35,42)(H,36,44)(H,37,47)(H,38,43)/t20-,21-,22-,24-,25-,26-,27-/m0/s1. The number of carbonyl (C=O) groups is 6. The largest absolute Gasteiger partial charge is 0.444 e. The third-order valence-corrected chi connectivity index (χ3v) is 8.11. The lowest BCUT2D eigenvalue weighted by Crippen LogP contribution is -2.62. The van der Waals surface area contributed by atoms with Gasteiger partial charge in [0.25, 0.3) is 0 Å². The van der Waals surface area contributed by atoms with Crippen molar-refractivity contribution in [3.8, 4) is 0 Å². The van der Waals surface area contributed by atoms with Crippen molar-refractivity contribution in [3.05, 3.63) is 35.4 Å². The maximum atomic E-state index is 14.2. The topological polar surface area (TPSA) is 219 Å². The maximum Gasteiger partial charge on any atom is 0.408 e. The minimum Gasteiger partial charge on any atom is -0.444 e. The molecule has 16 nitrogen and oxygen atoms in total. The van der Waals surface area contributed by atoms with Gasteiger partial charge in [-0.05, 0) is 66.9 Å². The maximum absolute atomic E-state index is 14.2. The monoisotopic (exact) mass is 706 g/mol. The molecule has 1 fully saturated rings. The van der Waals surface area contributed by atoms with E-state index in [1.165, 1.54) is 32.9 Å². The summed E-state index contributed by atoms with van der Waals surface area (Å²) in [5.41, 5.74) is 6.12. The summed E-state index contributed by atoms with van der Waals surface area (Å²) in [6.07, 6.45) is -2.37. The lowest BCUT2D eigenvalue weighted by Gasteiger charge is -2.36. The van der Waals surface area contributed by atoms with Gasteiger partial charge in [0.15, 0.2) is 0 Å². The number of aliphatic hydroxyl groups excluding tert-OH is 1. The Morgan fingerprint density at radius 1 is 1.06 bits per heavy atom. The van der Waals surface area contributed by atoms with E-state index in [2.05, 4.69) is 16.0 Å². The summed E-state index contributed by atoms with van der Waals surface area (Å²) in [5, 5.41) is 18.2. The van der Waals surface area contributed by atoms with Crippen LogP contribution in [0.2, 0.25) is 0 Å². The number of likely N-dealkylation sites (N-methyl/N-ethyl adjacent to an activating group) is 1. The minimum atomic E-state index is -1.40. The average molecular weight is 707 g/mol. The van der Waals surface area contributed by atoms with Gasteiger partial charge < -0.3 is 50.8 Å². The Labute approximate surface area is 293 Å². The van der Waals surface area contributed by atoms with Crippen molar-refractivity contribution in [2.75, 3.05) is 27.5 Å². The van der Waals surface area contributed by atoms with Crippen LogP contribution in [0.1, 0.15) is 65.5 Å². The van der Waals surface area contributed by atoms with Crippen LogP contribution in [-0.4, -0.2) is 126 Å². The summed E-state index contributed by atoms with van der Waals surface area (Å²) >= 11 is 0. The van der Waals surface area contributed by atoms with Gasteiger partial charge in [0.1, 0.15) is 42.6 Å². The van der Waals surface area contributed by atoms with Crippen LogP contribution in [-0.2, 0) is 44.6 Å². The number of carbonyl (C=O) groups excluding carboxylic acids is 6. The fourth-order valence-electron chi connectivity index (χ4n) is 5.57. The summed E-state index contributed by atoms with van der Waals surface area (Å²) in [5.74, 6) is -3.58. The second-order valence-corrected chi connectivity index (χ2v) is 13.6. The molecular formula is C34H54N6O10. The molecule has 1 aromatic rings. The van der Waals surface area contributed by atoms with Crippen LogP contribution in [0.25, 0.3) is 0 Å². The summed E-state index contributed by atoms with van der Waals surface area (Å²) in [4.78, 5) is 81.7. The van der Waals surface area contributed by atoms with E-state index >= 15 is 0 Å². The third-order valence-electron chi connectivity index (χ3n) is 8.11. The Morgan fingerprint density at radius 3 is 2.28 bits per heavy atom. The first-order valence-corrected chi connectivity index (χ1v) is 16.6. The zero-order chi connectivity index (χ0) is 37.9. The van der Waals surface area contributed by atoms with Crippen molar-refractivity contribution in [3.63, 3.8) is 0 Å². The zero-order valence-corrected chi connectivity index (χ0v) is 30.5. The number of likely N-dealkylation sites (tertiary alicyclic amines) is 1. The Hall–Kier alpha value is -4.28. The number of hydrogen-bond donors (Lipinski definition) is 5. The molecule has 0 saturated carbocycles. The SMILES string of the molecule is COCO[C@@H](C)[C@H](NC(=O)[C@H](Cc1cccc(C)c1)NC(=O)OC(C)(C)C)C(=O)N1CCC[C@H]1C(=O)N(C)[C@H](C(=O)N[C@@H](C)C(N)=O)[C@H](C)O. The van der Waals surface area contributed by atoms with Crippen LogP contribution in [0.15, 0.2) is 24.3 Å². The molecule has 16 heteroatoms. The second-order valence-electron chi connectivity index (χ2n) is 13.6. The summed E-state index contributed by atoms with van der Waals surface area (Å²) in [6.45, 7) is 11.2. The van der Waals surface area contributed by atoms with Gasteiger partial charge in [0, 0.05) is 27.1 Å². The van der Waals surface area contributed by atoms with E-state index < -0.39 is 83.6 Å². The number of ether oxygens (including phenoxy) is 3. The Balaban J connectivity index is 2.40. The number of primary amides is 1. The van der Waals surface area contributed by atoms with Gasteiger partial charge in [0.05, 0.1) is 12.2 Å². The van der Waals surface area contributed by atoms with Gasteiger partial charge in [-0.25, -0.2) is 4.79 Å². The number of amides is 6. The molecule has 0 radical (unpaired) electrons. The molecule has 0 bridgehead atoms. The predicted molar refractivity (Wildman–Crippen MR) is 182 cm³/mol. The molecule has 0 spiro atoms. The summed E-state index contributed by atoms with van der Waals surface area (Å²) < 4.78 is 16.1. The first-order valence-electron chi connectivity index (χ1n) is 16.6. The molecule has 6 N–H and O–H groups in total. The fourth-order valence-corrected chi connectivity index (χ4v) is 5.57. The van der Waals surface area contributed by atoms with Crippen LogP contribution in [0.4, 0.5) is 4.79 Å². The van der Waals surface area contributed by atoms with Gasteiger partial charge >= 0.3 is 6.09 Å². The number of aliphatic hydroxyl groups is 1. The molecule has 0 unspecified atom stereocenters. The smallest absolute Gasteiger partial charge is 0.408 e. The number of rotatable bonds is 16. The van der Waals surface area contributed by atoms with Crippen LogP contribution in [0, 0.1) is 6.92 Å². The highest BCUT2D eigenvalue weighted by molar-refractivity contribution is 5.96. The van der Waals surface area contributed by atoms with E-state index in [9.17, 15) is 33.9 Å². The highest BCUT2D eigenvalue weighted by Crippen LogP contribution is 2.23. The predicted octanol–water partition coefficient (Wildman–Crippen LogP) is 0.113. The van der Waals surface area contributed by atoms with E-state index in [4.69, 9.17) is 19.9 Å². The number of benzene rings is 1. The molecular weight excluding hydrogens is 652 g/mol. The van der Waals surface area contributed by atoms with Gasteiger partial charge in [-0.15, -0.1) is 0 Å². The Bertz CT molecular complexity index is 1370. The van der Waals surface area contributed by atoms with E-state index in [0.29, 0.717) is 6.42 Å². The average Bonchev–Trinajstić information content (AvgIpc) is 3.50. The van der Waals surface area contributed by atoms with Crippen molar-refractivity contribution in [1.29, 1.82) is 0 Å². The first-order chi connectivity index (χ1) is 23.3. The number of hydrogen-bond acceptors (Lipinski definition) is 10. The lowest BCUT2D eigenvalue weighted by atomic mass is 10.0. The highest BCUT2D eigenvalue weighted by atomic mass is 16.7. The van der Waals surface area contributed by atoms with E-state index in [0.717, 1.165) is 16.0 Å². The quantitative estimate of drug-likeness (QED) is 0.146. The molecule has 1 aliphatic heterocycles. The lowest BCUT2D eigenvalue weighted by molar-refractivity contribution is -0.153. The molecule has 2 rings (SSSR count). The minimum absolute atomic E-state index is 0.0771. The summed E-state index contributed by atoms with van der Waals surface area (Å²) in [6, 6.07) is 1.40. The number of aryl methyl sites for hydroxylation is 1. The number of methoxy groups -OCH3 is 1. The molecule has 50 heavy (non-hydrogen) atoms. The van der Waals surface area contributed by atoms with Crippen molar-refractivity contribution < 1.29 is 48.1 Å². The molecule has 1 saturated heterocycles. The molecule has 0 aromatic heterocycles. The number of nitrogens with one attached hydrogen (secondary N) is 3. The van der Waals surface area contributed by atoms with Crippen LogP contribution < -0.4 is 21.7 Å². The van der Waals surface area contributed by atoms with Crippen LogP contribution in [0.5, 0.6) is 0 Å². The van der Waals surface area contributed by atoms with Crippen molar-refractivity contribution >= 4 is 35.6 Å². The van der Waals surface area contributed by atoms with Crippen molar-refractivity contribution in [2.24, 2.45) is 5.73 Å². The van der Waals surface area contributed by atoms with Crippen LogP contribution >= 0.6 is 0 Å². The normalized spacial score (nSPS) is 18.1. The van der Waals surface area contributed by atoms with Crippen molar-refractivity contribution in [2.45, 2.75) is 116 Å². The van der Waals surface area contributed by atoms with E-state index in [-0.39, 0.29) is 26.2 Å². The number of nitrogens with two attached hydrogens (primary N) is 1. The zero-order valence-electron chi connectivity index (χ0n) is 30.5. The van der Waals surface area contributed by atoms with Gasteiger partial charge in [-0.2, -0.15) is 0 Å². The second kappa shape index (κ2) is 18.6. The molecule has 6 amide bonds. The Morgan fingerprint density at radius 2 is 1.72 bits per heavy atom. The molecule has 1 aromatic carbocycles. The van der Waals surface area contributed by atoms with Crippen molar-refractivity contribution in [1.82, 2.24) is 25.8 Å². The van der Waals surface area contributed by atoms with Gasteiger partial charge in [-0.1, -0.05) is 29.8 Å². The van der Waals surface area contributed by atoms with E-state index in [1.807, 2.05) is 31.2 Å². The molecule has 280 valence electrons. The molecule has 1 aliphatic rings. The fraction of sp³-hybridized carbons (Fsp3) is 0.647. The van der Waals surface area contributed by atoms with Gasteiger partial charge in [-0.3, -0.25) is 24.0 Å². The van der Waals surface area contributed by atoms with Crippen LogP contribution in [0.3, 0.4) is 0 Å². The van der Waals surface area contributed by atoms with E-state index in [1.54, 1.807) is 27.7 Å².